The molecule has 16 heavy (non-hydrogen) atoms. The average molecular weight is 240 g/mol. The quantitative estimate of drug-likeness (QED) is 0.876. The van der Waals surface area contributed by atoms with Crippen molar-refractivity contribution in [3.63, 3.8) is 0 Å². The molecule has 1 N–H and O–H groups in total. The molecule has 1 heterocycles. The number of ether oxygens (including phenoxy) is 1. The van der Waals surface area contributed by atoms with Gasteiger partial charge in [-0.2, -0.15) is 0 Å². The molecule has 1 fully saturated rings. The third-order valence-corrected chi connectivity index (χ3v) is 3.64. The van der Waals surface area contributed by atoms with E-state index in [0.29, 0.717) is 0 Å². The summed E-state index contributed by atoms with van der Waals surface area (Å²) in [5.41, 5.74) is 1.52. The third-order valence-electron chi connectivity index (χ3n) is 3.40. The number of rotatable bonds is 3. The summed E-state index contributed by atoms with van der Waals surface area (Å²) in [5, 5.41) is 4.12. The first-order valence-electron chi connectivity index (χ1n) is 5.75. The van der Waals surface area contributed by atoms with Crippen LogP contribution in [0.3, 0.4) is 0 Å². The van der Waals surface area contributed by atoms with E-state index < -0.39 is 0 Å². The normalized spacial score (nSPS) is 19.6. The lowest BCUT2D eigenvalue weighted by Crippen LogP contribution is -2.41. The van der Waals surface area contributed by atoms with Crippen LogP contribution in [0.4, 0.5) is 0 Å². The summed E-state index contributed by atoms with van der Waals surface area (Å²) in [7, 11) is 2.00. The Morgan fingerprint density at radius 2 is 2.12 bits per heavy atom. The molecule has 1 saturated heterocycles. The molecule has 0 radical (unpaired) electrons. The molecule has 0 spiro atoms. The first kappa shape index (κ1) is 11.9. The standard InChI is InChI=1S/C13H18ClNO/c1-15-10-13(5-7-16-8-6-13)11-3-2-4-12(14)9-11/h2-4,9,15H,5-8,10H2,1H3. The fourth-order valence-corrected chi connectivity index (χ4v) is 2.68. The van der Waals surface area contributed by atoms with Gasteiger partial charge in [0.1, 0.15) is 0 Å². The Bertz CT molecular complexity index is 342. The molecule has 0 aromatic heterocycles. The number of hydrogen-bond donors (Lipinski definition) is 1. The van der Waals surface area contributed by atoms with Gasteiger partial charge in [0.05, 0.1) is 0 Å². The first-order chi connectivity index (χ1) is 7.77. The van der Waals surface area contributed by atoms with E-state index in [0.717, 1.165) is 37.6 Å². The van der Waals surface area contributed by atoms with E-state index in [4.69, 9.17) is 16.3 Å². The van der Waals surface area contributed by atoms with E-state index in [1.54, 1.807) is 0 Å². The topological polar surface area (TPSA) is 21.3 Å². The average Bonchev–Trinajstić information content (AvgIpc) is 2.31. The van der Waals surface area contributed by atoms with E-state index in [9.17, 15) is 0 Å². The maximum atomic E-state index is 6.07. The van der Waals surface area contributed by atoms with Crippen molar-refractivity contribution in [1.29, 1.82) is 0 Å². The van der Waals surface area contributed by atoms with Crippen molar-refractivity contribution in [3.05, 3.63) is 34.9 Å². The highest BCUT2D eigenvalue weighted by Gasteiger charge is 2.33. The van der Waals surface area contributed by atoms with Gasteiger partial charge in [-0.05, 0) is 37.6 Å². The monoisotopic (exact) mass is 239 g/mol. The molecule has 1 aromatic carbocycles. The Hall–Kier alpha value is -0.570. The molecule has 1 aromatic rings. The summed E-state index contributed by atoms with van der Waals surface area (Å²) in [5.74, 6) is 0. The zero-order valence-electron chi connectivity index (χ0n) is 9.63. The minimum absolute atomic E-state index is 0.192. The second-order valence-electron chi connectivity index (χ2n) is 4.43. The van der Waals surface area contributed by atoms with Crippen molar-refractivity contribution in [2.75, 3.05) is 26.8 Å². The molecule has 1 aliphatic rings. The largest absolute Gasteiger partial charge is 0.381 e. The lowest BCUT2D eigenvalue weighted by Gasteiger charge is -2.37. The minimum atomic E-state index is 0.192. The van der Waals surface area contributed by atoms with Gasteiger partial charge in [0.2, 0.25) is 0 Å². The molecule has 0 atom stereocenters. The number of hydrogen-bond acceptors (Lipinski definition) is 2. The van der Waals surface area contributed by atoms with Gasteiger partial charge in [-0.3, -0.25) is 0 Å². The van der Waals surface area contributed by atoms with Crippen molar-refractivity contribution in [2.45, 2.75) is 18.3 Å². The fourth-order valence-electron chi connectivity index (χ4n) is 2.49. The predicted octanol–water partition coefficient (Wildman–Crippen LogP) is 2.61. The van der Waals surface area contributed by atoms with Crippen LogP contribution in [0.15, 0.2) is 24.3 Å². The van der Waals surface area contributed by atoms with Crippen molar-refractivity contribution in [1.82, 2.24) is 5.32 Å². The maximum absolute atomic E-state index is 6.07. The number of halogens is 1. The molecule has 0 aliphatic carbocycles. The van der Waals surface area contributed by atoms with E-state index in [2.05, 4.69) is 17.4 Å². The zero-order chi connectivity index (χ0) is 11.4. The Morgan fingerprint density at radius 1 is 1.38 bits per heavy atom. The van der Waals surface area contributed by atoms with E-state index in [-0.39, 0.29) is 5.41 Å². The van der Waals surface area contributed by atoms with Crippen molar-refractivity contribution < 1.29 is 4.74 Å². The van der Waals surface area contributed by atoms with Crippen LogP contribution in [0.2, 0.25) is 5.02 Å². The van der Waals surface area contributed by atoms with Crippen LogP contribution in [0.5, 0.6) is 0 Å². The van der Waals surface area contributed by atoms with Crippen molar-refractivity contribution in [3.8, 4) is 0 Å². The molecule has 0 amide bonds. The molecular formula is C13H18ClNO. The number of likely N-dealkylation sites (N-methyl/N-ethyl adjacent to an activating group) is 1. The summed E-state index contributed by atoms with van der Waals surface area (Å²) in [6, 6.07) is 8.22. The highest BCUT2D eigenvalue weighted by Crippen LogP contribution is 2.35. The molecule has 0 bridgehead atoms. The molecule has 1 aliphatic heterocycles. The molecular weight excluding hydrogens is 222 g/mol. The van der Waals surface area contributed by atoms with Gasteiger partial charge in [0.25, 0.3) is 0 Å². The highest BCUT2D eigenvalue weighted by molar-refractivity contribution is 6.30. The molecule has 0 unspecified atom stereocenters. The molecule has 2 rings (SSSR count). The number of benzene rings is 1. The molecule has 2 nitrogen and oxygen atoms in total. The second-order valence-corrected chi connectivity index (χ2v) is 4.87. The van der Waals surface area contributed by atoms with Gasteiger partial charge in [-0.15, -0.1) is 0 Å². The smallest absolute Gasteiger partial charge is 0.0475 e. The molecule has 3 heteroatoms. The molecule has 88 valence electrons. The van der Waals surface area contributed by atoms with E-state index in [1.807, 2.05) is 19.2 Å². The Kier molecular flexibility index (Phi) is 3.85. The lowest BCUT2D eigenvalue weighted by molar-refractivity contribution is 0.0506. The van der Waals surface area contributed by atoms with Gasteiger partial charge in [0, 0.05) is 30.2 Å². The first-order valence-corrected chi connectivity index (χ1v) is 6.13. The van der Waals surface area contributed by atoms with Crippen molar-refractivity contribution in [2.24, 2.45) is 0 Å². The molecule has 0 saturated carbocycles. The Balaban J connectivity index is 2.30. The van der Waals surface area contributed by atoms with Crippen LogP contribution in [-0.2, 0) is 10.2 Å². The lowest BCUT2D eigenvalue weighted by atomic mass is 9.74. The van der Waals surface area contributed by atoms with Crippen LogP contribution in [0, 0.1) is 0 Å². The Labute approximate surface area is 102 Å². The van der Waals surface area contributed by atoms with Gasteiger partial charge in [0.15, 0.2) is 0 Å². The third kappa shape index (κ3) is 2.40. The summed E-state index contributed by atoms with van der Waals surface area (Å²) < 4.78 is 5.46. The van der Waals surface area contributed by atoms with Crippen LogP contribution in [0.25, 0.3) is 0 Å². The fraction of sp³-hybridized carbons (Fsp3) is 0.538. The van der Waals surface area contributed by atoms with Crippen LogP contribution < -0.4 is 5.32 Å². The van der Waals surface area contributed by atoms with E-state index >= 15 is 0 Å². The number of nitrogens with one attached hydrogen (secondary N) is 1. The second kappa shape index (κ2) is 5.17. The van der Waals surface area contributed by atoms with Crippen molar-refractivity contribution >= 4 is 11.6 Å². The van der Waals surface area contributed by atoms with E-state index in [1.165, 1.54) is 5.56 Å². The summed E-state index contributed by atoms with van der Waals surface area (Å²) >= 11 is 6.07. The van der Waals surface area contributed by atoms with Crippen LogP contribution >= 0.6 is 11.6 Å². The summed E-state index contributed by atoms with van der Waals surface area (Å²) in [4.78, 5) is 0. The van der Waals surface area contributed by atoms with Crippen LogP contribution in [0.1, 0.15) is 18.4 Å². The predicted molar refractivity (Wildman–Crippen MR) is 67.1 cm³/mol. The summed E-state index contributed by atoms with van der Waals surface area (Å²) in [6.45, 7) is 2.67. The Morgan fingerprint density at radius 3 is 2.75 bits per heavy atom. The van der Waals surface area contributed by atoms with Crippen LogP contribution in [-0.4, -0.2) is 26.8 Å². The van der Waals surface area contributed by atoms with Gasteiger partial charge in [-0.1, -0.05) is 23.7 Å². The van der Waals surface area contributed by atoms with Gasteiger partial charge < -0.3 is 10.1 Å². The summed E-state index contributed by atoms with van der Waals surface area (Å²) in [6.07, 6.45) is 2.13. The minimum Gasteiger partial charge on any atom is -0.381 e. The maximum Gasteiger partial charge on any atom is 0.0475 e. The van der Waals surface area contributed by atoms with Gasteiger partial charge >= 0.3 is 0 Å². The highest BCUT2D eigenvalue weighted by atomic mass is 35.5. The van der Waals surface area contributed by atoms with Gasteiger partial charge in [-0.25, -0.2) is 0 Å². The SMILES string of the molecule is CNCC1(c2cccc(Cl)c2)CCOCC1. The zero-order valence-corrected chi connectivity index (χ0v) is 10.4.